The summed E-state index contributed by atoms with van der Waals surface area (Å²) in [6, 6.07) is 3.25. The molecule has 1 aromatic heterocycles. The van der Waals surface area contributed by atoms with E-state index in [-0.39, 0.29) is 5.91 Å². The van der Waals surface area contributed by atoms with Crippen molar-refractivity contribution in [2.75, 3.05) is 32.6 Å². The second kappa shape index (κ2) is 6.73. The molecule has 0 bridgehead atoms. The van der Waals surface area contributed by atoms with Gasteiger partial charge in [-0.15, -0.1) is 0 Å². The molecule has 1 N–H and O–H groups in total. The van der Waals surface area contributed by atoms with Crippen molar-refractivity contribution in [1.29, 1.82) is 0 Å². The highest BCUT2D eigenvalue weighted by Crippen LogP contribution is 2.17. The molecular weight excluding hydrogens is 266 g/mol. The Balaban J connectivity index is 2.87. The van der Waals surface area contributed by atoms with Gasteiger partial charge < -0.3 is 14.9 Å². The topological polar surface area (TPSA) is 56.7 Å². The van der Waals surface area contributed by atoms with Crippen LogP contribution in [0.2, 0.25) is 5.15 Å². The van der Waals surface area contributed by atoms with Gasteiger partial charge in [0.15, 0.2) is 0 Å². The molecule has 5 nitrogen and oxygen atoms in total. The number of carbonyl (C=O) groups excluding carboxylic acids is 1. The van der Waals surface area contributed by atoms with Crippen LogP contribution in [-0.2, 0) is 0 Å². The summed E-state index contributed by atoms with van der Waals surface area (Å²) in [5, 5.41) is 9.53. The van der Waals surface area contributed by atoms with E-state index in [9.17, 15) is 9.90 Å². The number of halogens is 1. The van der Waals surface area contributed by atoms with Crippen LogP contribution in [0, 0.1) is 0 Å². The van der Waals surface area contributed by atoms with Crippen molar-refractivity contribution in [3.63, 3.8) is 0 Å². The summed E-state index contributed by atoms with van der Waals surface area (Å²) in [5.41, 5.74) is 0.497. The van der Waals surface area contributed by atoms with Crippen molar-refractivity contribution in [2.45, 2.75) is 19.4 Å². The first-order chi connectivity index (χ1) is 8.81. The number of hydrogen-bond donors (Lipinski definition) is 1. The van der Waals surface area contributed by atoms with Gasteiger partial charge in [-0.2, -0.15) is 0 Å². The van der Waals surface area contributed by atoms with E-state index in [0.29, 0.717) is 29.5 Å². The quantitative estimate of drug-likeness (QED) is 0.836. The number of anilines is 1. The Bertz CT molecular complexity index is 450. The van der Waals surface area contributed by atoms with Gasteiger partial charge in [-0.25, -0.2) is 4.98 Å². The highest BCUT2D eigenvalue weighted by Gasteiger charge is 2.15. The normalized spacial score (nSPS) is 12.1. The number of aromatic nitrogens is 1. The lowest BCUT2D eigenvalue weighted by Crippen LogP contribution is -2.29. The first-order valence-corrected chi connectivity index (χ1v) is 6.47. The van der Waals surface area contributed by atoms with Gasteiger partial charge in [0.1, 0.15) is 11.0 Å². The number of carbonyl (C=O) groups is 1. The molecule has 1 unspecified atom stereocenters. The van der Waals surface area contributed by atoms with Crippen molar-refractivity contribution in [1.82, 2.24) is 9.88 Å². The maximum atomic E-state index is 12.2. The summed E-state index contributed by atoms with van der Waals surface area (Å²) in [6.07, 6.45) is 0.121. The zero-order valence-electron chi connectivity index (χ0n) is 11.7. The Morgan fingerprint density at radius 1 is 1.42 bits per heavy atom. The number of aliphatic hydroxyl groups excluding tert-OH is 1. The fourth-order valence-electron chi connectivity index (χ4n) is 1.54. The number of hydrogen-bond acceptors (Lipinski definition) is 4. The molecule has 0 saturated heterocycles. The molecule has 19 heavy (non-hydrogen) atoms. The second-order valence-electron chi connectivity index (χ2n) is 4.80. The smallest absolute Gasteiger partial charge is 0.253 e. The van der Waals surface area contributed by atoms with E-state index in [1.165, 1.54) is 0 Å². The van der Waals surface area contributed by atoms with Crippen LogP contribution < -0.4 is 4.90 Å². The van der Waals surface area contributed by atoms with Gasteiger partial charge in [0.25, 0.3) is 5.91 Å². The zero-order valence-corrected chi connectivity index (χ0v) is 12.5. The molecule has 6 heteroatoms. The van der Waals surface area contributed by atoms with Crippen LogP contribution >= 0.6 is 11.6 Å². The average Bonchev–Trinajstić information content (AvgIpc) is 2.34. The lowest BCUT2D eigenvalue weighted by Gasteiger charge is -2.19. The van der Waals surface area contributed by atoms with E-state index in [2.05, 4.69) is 4.98 Å². The van der Waals surface area contributed by atoms with Gasteiger partial charge in [0.2, 0.25) is 0 Å². The summed E-state index contributed by atoms with van der Waals surface area (Å²) >= 11 is 5.92. The Morgan fingerprint density at radius 2 is 2.05 bits per heavy atom. The van der Waals surface area contributed by atoms with E-state index < -0.39 is 6.10 Å². The summed E-state index contributed by atoms with van der Waals surface area (Å²) in [6.45, 7) is 2.19. The van der Waals surface area contributed by atoms with Crippen LogP contribution in [0.5, 0.6) is 0 Å². The van der Waals surface area contributed by atoms with Crippen molar-refractivity contribution in [3.05, 3.63) is 22.8 Å². The molecule has 1 aromatic rings. The molecular formula is C13H20ClN3O2. The molecule has 106 valence electrons. The summed E-state index contributed by atoms with van der Waals surface area (Å²) in [7, 11) is 5.38. The van der Waals surface area contributed by atoms with Crippen molar-refractivity contribution in [2.24, 2.45) is 0 Å². The zero-order chi connectivity index (χ0) is 14.6. The highest BCUT2D eigenvalue weighted by atomic mass is 35.5. The average molecular weight is 286 g/mol. The number of aliphatic hydroxyl groups is 1. The third-order valence-electron chi connectivity index (χ3n) is 2.71. The maximum absolute atomic E-state index is 12.2. The van der Waals surface area contributed by atoms with E-state index >= 15 is 0 Å². The lowest BCUT2D eigenvalue weighted by molar-refractivity contribution is 0.0769. The first-order valence-electron chi connectivity index (χ1n) is 6.09. The standard InChI is InChI=1S/C13H20ClN3O2/c1-9(18)5-6-17(4)13(19)10-7-11(14)15-12(8-10)16(2)3/h7-9,18H,5-6H2,1-4H3. The number of rotatable bonds is 5. The van der Waals surface area contributed by atoms with E-state index in [1.807, 2.05) is 14.1 Å². The van der Waals surface area contributed by atoms with Crippen molar-refractivity contribution in [3.8, 4) is 0 Å². The van der Waals surface area contributed by atoms with Gasteiger partial charge in [-0.3, -0.25) is 4.79 Å². The minimum Gasteiger partial charge on any atom is -0.393 e. The largest absolute Gasteiger partial charge is 0.393 e. The fourth-order valence-corrected chi connectivity index (χ4v) is 1.74. The SMILES string of the molecule is CC(O)CCN(C)C(=O)c1cc(Cl)nc(N(C)C)c1. The monoisotopic (exact) mass is 285 g/mol. The van der Waals surface area contributed by atoms with Crippen LogP contribution in [0.4, 0.5) is 5.82 Å². The van der Waals surface area contributed by atoms with E-state index in [0.717, 1.165) is 0 Å². The summed E-state index contributed by atoms with van der Waals surface area (Å²) < 4.78 is 0. The highest BCUT2D eigenvalue weighted by molar-refractivity contribution is 6.29. The molecule has 1 rings (SSSR count). The first kappa shape index (κ1) is 15.7. The Labute approximate surface area is 118 Å². The predicted octanol–water partition coefficient (Wildman–Crippen LogP) is 1.64. The van der Waals surface area contributed by atoms with E-state index in [4.69, 9.17) is 11.6 Å². The molecule has 1 atom stereocenters. The summed E-state index contributed by atoms with van der Waals surface area (Å²) in [4.78, 5) is 19.7. The molecule has 0 saturated carbocycles. The Hall–Kier alpha value is -1.33. The van der Waals surface area contributed by atoms with Crippen molar-refractivity contribution < 1.29 is 9.90 Å². The molecule has 0 spiro atoms. The molecule has 0 aliphatic carbocycles. The number of pyridine rings is 1. The van der Waals surface area contributed by atoms with Crippen LogP contribution in [0.25, 0.3) is 0 Å². The van der Waals surface area contributed by atoms with Gasteiger partial charge in [-0.1, -0.05) is 11.6 Å². The maximum Gasteiger partial charge on any atom is 0.253 e. The Morgan fingerprint density at radius 3 is 2.58 bits per heavy atom. The van der Waals surface area contributed by atoms with Gasteiger partial charge >= 0.3 is 0 Å². The van der Waals surface area contributed by atoms with Crippen LogP contribution in [0.3, 0.4) is 0 Å². The number of amides is 1. The van der Waals surface area contributed by atoms with Crippen LogP contribution in [-0.4, -0.2) is 54.7 Å². The third kappa shape index (κ3) is 4.69. The third-order valence-corrected chi connectivity index (χ3v) is 2.91. The molecule has 0 aliphatic heterocycles. The fraction of sp³-hybridized carbons (Fsp3) is 0.538. The van der Waals surface area contributed by atoms with Gasteiger partial charge in [0.05, 0.1) is 6.10 Å². The number of nitrogens with zero attached hydrogens (tertiary/aromatic N) is 3. The molecule has 0 fully saturated rings. The molecule has 0 aliphatic rings. The minimum atomic E-state index is -0.423. The molecule has 0 aromatic carbocycles. The van der Waals surface area contributed by atoms with Gasteiger partial charge in [0, 0.05) is 33.3 Å². The van der Waals surface area contributed by atoms with Gasteiger partial charge in [-0.05, 0) is 25.5 Å². The Kier molecular flexibility index (Phi) is 5.57. The second-order valence-corrected chi connectivity index (χ2v) is 5.18. The molecule has 0 radical (unpaired) electrons. The van der Waals surface area contributed by atoms with Crippen molar-refractivity contribution >= 4 is 23.3 Å². The molecule has 1 heterocycles. The predicted molar refractivity (Wildman–Crippen MR) is 76.8 cm³/mol. The van der Waals surface area contributed by atoms with Crippen LogP contribution in [0.1, 0.15) is 23.7 Å². The van der Waals surface area contributed by atoms with E-state index in [1.54, 1.807) is 35.9 Å². The minimum absolute atomic E-state index is 0.131. The van der Waals surface area contributed by atoms with Crippen LogP contribution in [0.15, 0.2) is 12.1 Å². The lowest BCUT2D eigenvalue weighted by atomic mass is 10.2. The summed E-state index contributed by atoms with van der Waals surface area (Å²) in [5.74, 6) is 0.507. The molecule has 1 amide bonds.